The predicted molar refractivity (Wildman–Crippen MR) is 76.3 cm³/mol. The monoisotopic (exact) mass is 317 g/mol. The quantitative estimate of drug-likeness (QED) is 0.877. The Morgan fingerprint density at radius 3 is 2.91 bits per heavy atom. The third kappa shape index (κ3) is 2.19. The van der Waals surface area contributed by atoms with Crippen LogP contribution >= 0.6 is 0 Å². The number of nitrogens with zero attached hydrogens (tertiary/aromatic N) is 4. The molecule has 3 rings (SSSR count). The van der Waals surface area contributed by atoms with Gasteiger partial charge in [-0.05, 0) is 17.7 Å². The fraction of sp³-hybridized carbons (Fsp3) is 0.154. The molecule has 22 heavy (non-hydrogen) atoms. The van der Waals surface area contributed by atoms with E-state index in [0.717, 1.165) is 0 Å². The molecule has 9 heteroatoms. The van der Waals surface area contributed by atoms with E-state index in [1.165, 1.54) is 22.8 Å². The molecule has 0 unspecified atom stereocenters. The number of fused-ring (bicyclic) bond motifs is 1. The van der Waals surface area contributed by atoms with Crippen molar-refractivity contribution < 1.29 is 13.2 Å². The Bertz CT molecular complexity index is 910. The van der Waals surface area contributed by atoms with Gasteiger partial charge in [0.15, 0.2) is 5.03 Å². The van der Waals surface area contributed by atoms with Crippen LogP contribution in [0.15, 0.2) is 35.5 Å². The molecule has 0 radical (unpaired) electrons. The number of aryl methyl sites for hydroxylation is 1. The van der Waals surface area contributed by atoms with Crippen LogP contribution in [-0.4, -0.2) is 24.2 Å². The van der Waals surface area contributed by atoms with E-state index in [9.17, 15) is 13.2 Å². The number of anilines is 1. The van der Waals surface area contributed by atoms with Crippen LogP contribution in [0.1, 0.15) is 11.1 Å². The molecule has 0 saturated heterocycles. The second-order valence-electron chi connectivity index (χ2n) is 4.77. The zero-order valence-corrected chi connectivity index (χ0v) is 12.3. The molecular formula is C13H11N5O3S. The second kappa shape index (κ2) is 4.85. The third-order valence-corrected chi connectivity index (χ3v) is 4.70. The Hall–Kier alpha value is -2.86. The molecule has 112 valence electrons. The number of urea groups is 1. The average molecular weight is 317 g/mol. The van der Waals surface area contributed by atoms with E-state index in [-0.39, 0.29) is 17.3 Å². The molecule has 0 saturated carbocycles. The van der Waals surface area contributed by atoms with Crippen LogP contribution in [0.25, 0.3) is 0 Å². The summed E-state index contributed by atoms with van der Waals surface area (Å²) in [4.78, 5) is 13.4. The maximum atomic E-state index is 12.1. The number of rotatable bonds is 2. The van der Waals surface area contributed by atoms with Gasteiger partial charge in [0.25, 0.3) is 10.0 Å². The van der Waals surface area contributed by atoms with Crippen LogP contribution in [-0.2, 0) is 23.6 Å². The first kappa shape index (κ1) is 14.1. The Kier molecular flexibility index (Phi) is 3.11. The largest absolute Gasteiger partial charge is 0.336 e. The maximum Gasteiger partial charge on any atom is 0.336 e. The number of nitrogens with one attached hydrogen (secondary N) is 1. The van der Waals surface area contributed by atoms with Crippen molar-refractivity contribution >= 4 is 21.7 Å². The Morgan fingerprint density at radius 2 is 2.18 bits per heavy atom. The Morgan fingerprint density at radius 1 is 1.41 bits per heavy atom. The van der Waals surface area contributed by atoms with Crippen LogP contribution in [0.2, 0.25) is 0 Å². The summed E-state index contributed by atoms with van der Waals surface area (Å²) in [6.07, 6.45) is 1.33. The molecule has 0 spiro atoms. The minimum absolute atomic E-state index is 0.0662. The van der Waals surface area contributed by atoms with Gasteiger partial charge in [0.1, 0.15) is 5.69 Å². The molecular weight excluding hydrogens is 306 g/mol. The number of carbonyl (C=O) groups excluding carboxylic acids is 1. The lowest BCUT2D eigenvalue weighted by Gasteiger charge is -2.27. The summed E-state index contributed by atoms with van der Waals surface area (Å²) >= 11 is 0. The van der Waals surface area contributed by atoms with Gasteiger partial charge in [-0.25, -0.2) is 9.52 Å². The molecule has 1 aliphatic heterocycles. The molecule has 1 aromatic carbocycles. The lowest BCUT2D eigenvalue weighted by atomic mass is 10.1. The van der Waals surface area contributed by atoms with E-state index < -0.39 is 16.1 Å². The highest BCUT2D eigenvalue weighted by atomic mass is 32.2. The molecule has 1 aliphatic rings. The molecule has 0 bridgehead atoms. The van der Waals surface area contributed by atoms with E-state index in [4.69, 9.17) is 5.26 Å². The van der Waals surface area contributed by atoms with E-state index >= 15 is 0 Å². The normalized spacial score (nSPS) is 15.8. The van der Waals surface area contributed by atoms with Crippen LogP contribution in [0.5, 0.6) is 0 Å². The molecule has 2 heterocycles. The van der Waals surface area contributed by atoms with Crippen molar-refractivity contribution in [2.75, 3.05) is 4.90 Å². The maximum absolute atomic E-state index is 12.1. The number of carbonyl (C=O) groups is 1. The van der Waals surface area contributed by atoms with Gasteiger partial charge in [-0.3, -0.25) is 9.58 Å². The van der Waals surface area contributed by atoms with Crippen molar-refractivity contribution in [2.24, 2.45) is 7.05 Å². The molecule has 2 aromatic rings. The molecule has 1 N–H and O–H groups in total. The smallest absolute Gasteiger partial charge is 0.285 e. The lowest BCUT2D eigenvalue weighted by molar-refractivity contribution is 0.250. The van der Waals surface area contributed by atoms with E-state index in [2.05, 4.69) is 5.10 Å². The predicted octanol–water partition coefficient (Wildman–Crippen LogP) is 0.710. The van der Waals surface area contributed by atoms with Gasteiger partial charge < -0.3 is 0 Å². The summed E-state index contributed by atoms with van der Waals surface area (Å²) < 4.78 is 27.2. The van der Waals surface area contributed by atoms with Gasteiger partial charge in [-0.2, -0.15) is 18.8 Å². The lowest BCUT2D eigenvalue weighted by Crippen LogP contribution is -2.47. The topological polar surface area (TPSA) is 108 Å². The second-order valence-corrected chi connectivity index (χ2v) is 6.37. The van der Waals surface area contributed by atoms with Gasteiger partial charge in [-0.15, -0.1) is 0 Å². The van der Waals surface area contributed by atoms with Gasteiger partial charge in [-0.1, -0.05) is 12.1 Å². The summed E-state index contributed by atoms with van der Waals surface area (Å²) in [5.41, 5.74) is 1.39. The fourth-order valence-corrected chi connectivity index (χ4v) is 3.59. The molecule has 2 amide bonds. The summed E-state index contributed by atoms with van der Waals surface area (Å²) in [6.45, 7) is 0.134. The molecule has 0 aliphatic carbocycles. The standard InChI is InChI=1S/C13H11N5O3S/c1-17-12-11(7-15-17)18(13(19)16-22(12,20)21)8-10-4-2-3-9(5-10)6-14/h2-5,7H,8H2,1H3,(H,16,19). The third-order valence-electron chi connectivity index (χ3n) is 3.28. The summed E-state index contributed by atoms with van der Waals surface area (Å²) in [5.74, 6) is 0. The Labute approximate surface area is 126 Å². The van der Waals surface area contributed by atoms with Crippen molar-refractivity contribution in [2.45, 2.75) is 11.6 Å². The van der Waals surface area contributed by atoms with Crippen LogP contribution in [0.4, 0.5) is 10.5 Å². The zero-order chi connectivity index (χ0) is 15.9. The van der Waals surface area contributed by atoms with Gasteiger partial charge in [0.2, 0.25) is 0 Å². The van der Waals surface area contributed by atoms with Gasteiger partial charge >= 0.3 is 6.03 Å². The highest BCUT2D eigenvalue weighted by molar-refractivity contribution is 7.90. The first-order valence-electron chi connectivity index (χ1n) is 6.28. The first-order valence-corrected chi connectivity index (χ1v) is 7.76. The van der Waals surface area contributed by atoms with Crippen molar-refractivity contribution in [1.82, 2.24) is 14.5 Å². The minimum atomic E-state index is -3.91. The molecule has 0 atom stereocenters. The number of benzene rings is 1. The van der Waals surface area contributed by atoms with Crippen molar-refractivity contribution in [3.05, 3.63) is 41.6 Å². The fourth-order valence-electron chi connectivity index (χ4n) is 2.32. The average Bonchev–Trinajstić information content (AvgIpc) is 2.86. The number of amides is 2. The van der Waals surface area contributed by atoms with Gasteiger partial charge in [0, 0.05) is 7.05 Å². The summed E-state index contributed by atoms with van der Waals surface area (Å²) in [7, 11) is -2.42. The van der Waals surface area contributed by atoms with Gasteiger partial charge in [0.05, 0.1) is 24.4 Å². The molecule has 0 fully saturated rings. The highest BCUT2D eigenvalue weighted by Crippen LogP contribution is 2.29. The Balaban J connectivity index is 2.04. The summed E-state index contributed by atoms with van der Waals surface area (Å²) in [6, 6.07) is 8.03. The number of aromatic nitrogens is 2. The molecule has 1 aromatic heterocycles. The number of sulfonamides is 1. The van der Waals surface area contributed by atoms with Crippen LogP contribution < -0.4 is 9.62 Å². The van der Waals surface area contributed by atoms with Crippen molar-refractivity contribution in [3.63, 3.8) is 0 Å². The van der Waals surface area contributed by atoms with Crippen molar-refractivity contribution in [1.29, 1.82) is 5.26 Å². The SMILES string of the molecule is Cn1ncc2c1S(=O)(=O)NC(=O)N2Cc1cccc(C#N)c1. The first-order chi connectivity index (χ1) is 10.4. The van der Waals surface area contributed by atoms with Crippen molar-refractivity contribution in [3.8, 4) is 6.07 Å². The zero-order valence-electron chi connectivity index (χ0n) is 11.5. The number of hydrogen-bond donors (Lipinski definition) is 1. The van der Waals surface area contributed by atoms with Crippen LogP contribution in [0, 0.1) is 11.3 Å². The van der Waals surface area contributed by atoms with E-state index in [1.54, 1.807) is 24.3 Å². The highest BCUT2D eigenvalue weighted by Gasteiger charge is 2.37. The van der Waals surface area contributed by atoms with Crippen LogP contribution in [0.3, 0.4) is 0 Å². The summed E-state index contributed by atoms with van der Waals surface area (Å²) in [5, 5.41) is 12.8. The van der Waals surface area contributed by atoms with E-state index in [0.29, 0.717) is 11.1 Å². The molecule has 8 nitrogen and oxygen atoms in total. The number of hydrogen-bond acceptors (Lipinski definition) is 5. The minimum Gasteiger partial charge on any atom is -0.285 e. The number of nitriles is 1. The van der Waals surface area contributed by atoms with E-state index in [1.807, 2.05) is 10.8 Å².